The van der Waals surface area contributed by atoms with Crippen molar-refractivity contribution >= 4 is 11.6 Å². The summed E-state index contributed by atoms with van der Waals surface area (Å²) in [6, 6.07) is 9.31. The van der Waals surface area contributed by atoms with Gasteiger partial charge in [0.25, 0.3) is 0 Å². The Morgan fingerprint density at radius 2 is 2.20 bits per heavy atom. The standard InChI is InChI=1S/C20H25N3O2/c1-14-12-15(8-9-18(14)25-16-6-5-11-22-13-16)23-19(24)17-7-3-4-10-20(17,2)21/h5-6,8-9,11-13,17H,3-4,7,10,21H2,1-2H3,(H,23,24). The molecule has 1 amide bonds. The molecule has 5 heteroatoms. The highest BCUT2D eigenvalue weighted by Gasteiger charge is 2.37. The molecule has 1 aliphatic carbocycles. The van der Waals surface area contributed by atoms with Crippen LogP contribution < -0.4 is 15.8 Å². The predicted molar refractivity (Wildman–Crippen MR) is 98.7 cm³/mol. The van der Waals surface area contributed by atoms with Gasteiger partial charge in [0.2, 0.25) is 5.91 Å². The molecular formula is C20H25N3O2. The normalized spacial score (nSPS) is 23.1. The maximum atomic E-state index is 12.6. The van der Waals surface area contributed by atoms with E-state index in [1.54, 1.807) is 12.4 Å². The average molecular weight is 339 g/mol. The third-order valence-corrected chi connectivity index (χ3v) is 4.88. The molecule has 5 nitrogen and oxygen atoms in total. The zero-order valence-electron chi connectivity index (χ0n) is 14.8. The number of carbonyl (C=O) groups excluding carboxylic acids is 1. The van der Waals surface area contributed by atoms with Crippen LogP contribution in [0, 0.1) is 12.8 Å². The first-order valence-corrected chi connectivity index (χ1v) is 8.74. The third-order valence-electron chi connectivity index (χ3n) is 4.88. The number of aryl methyl sites for hydroxylation is 1. The van der Waals surface area contributed by atoms with Gasteiger partial charge in [-0.3, -0.25) is 9.78 Å². The lowest BCUT2D eigenvalue weighted by atomic mass is 9.74. The number of anilines is 1. The third kappa shape index (κ3) is 4.17. The van der Waals surface area contributed by atoms with E-state index in [9.17, 15) is 4.79 Å². The van der Waals surface area contributed by atoms with Gasteiger partial charge in [-0.1, -0.05) is 12.8 Å². The molecule has 3 rings (SSSR count). The lowest BCUT2D eigenvalue weighted by Gasteiger charge is -2.37. The largest absolute Gasteiger partial charge is 0.455 e. The summed E-state index contributed by atoms with van der Waals surface area (Å²) >= 11 is 0. The van der Waals surface area contributed by atoms with E-state index in [4.69, 9.17) is 10.5 Å². The van der Waals surface area contributed by atoms with Crippen molar-refractivity contribution in [2.75, 3.05) is 5.32 Å². The number of aromatic nitrogens is 1. The number of hydrogen-bond donors (Lipinski definition) is 2. The van der Waals surface area contributed by atoms with Crippen LogP contribution in [0.3, 0.4) is 0 Å². The molecule has 2 atom stereocenters. The van der Waals surface area contributed by atoms with E-state index in [0.717, 1.165) is 42.7 Å². The van der Waals surface area contributed by atoms with Crippen LogP contribution in [0.4, 0.5) is 5.69 Å². The van der Waals surface area contributed by atoms with Gasteiger partial charge >= 0.3 is 0 Å². The maximum Gasteiger partial charge on any atom is 0.229 e. The summed E-state index contributed by atoms with van der Waals surface area (Å²) in [5.74, 6) is 1.29. The second kappa shape index (κ2) is 7.23. The monoisotopic (exact) mass is 339 g/mol. The topological polar surface area (TPSA) is 77.2 Å². The van der Waals surface area contributed by atoms with Crippen LogP contribution >= 0.6 is 0 Å². The molecule has 1 fully saturated rings. The minimum Gasteiger partial charge on any atom is -0.455 e. The molecule has 0 radical (unpaired) electrons. The first-order chi connectivity index (χ1) is 12.0. The minimum atomic E-state index is -0.430. The number of pyridine rings is 1. The van der Waals surface area contributed by atoms with E-state index >= 15 is 0 Å². The molecule has 132 valence electrons. The smallest absolute Gasteiger partial charge is 0.229 e. The van der Waals surface area contributed by atoms with Crippen molar-refractivity contribution in [2.24, 2.45) is 11.7 Å². The van der Waals surface area contributed by atoms with Crippen LogP contribution in [0.2, 0.25) is 0 Å². The highest BCUT2D eigenvalue weighted by Crippen LogP contribution is 2.33. The van der Waals surface area contributed by atoms with E-state index in [1.807, 2.05) is 44.2 Å². The van der Waals surface area contributed by atoms with Gasteiger partial charge < -0.3 is 15.8 Å². The Morgan fingerprint density at radius 3 is 2.88 bits per heavy atom. The number of benzene rings is 1. The van der Waals surface area contributed by atoms with E-state index in [2.05, 4.69) is 10.3 Å². The lowest BCUT2D eigenvalue weighted by Crippen LogP contribution is -2.51. The SMILES string of the molecule is Cc1cc(NC(=O)C2CCCCC2(C)N)ccc1Oc1cccnc1. The zero-order chi connectivity index (χ0) is 17.9. The molecule has 0 spiro atoms. The van der Waals surface area contributed by atoms with E-state index < -0.39 is 5.54 Å². The molecule has 1 aliphatic rings. The second-order valence-corrected chi connectivity index (χ2v) is 7.06. The Labute approximate surface area is 148 Å². The number of hydrogen-bond acceptors (Lipinski definition) is 4. The fraction of sp³-hybridized carbons (Fsp3) is 0.400. The van der Waals surface area contributed by atoms with Gasteiger partial charge in [-0.15, -0.1) is 0 Å². The summed E-state index contributed by atoms with van der Waals surface area (Å²) in [6.07, 6.45) is 7.26. The number of nitrogens with one attached hydrogen (secondary N) is 1. The number of carbonyl (C=O) groups is 1. The van der Waals surface area contributed by atoms with E-state index in [-0.39, 0.29) is 11.8 Å². The number of rotatable bonds is 4. The lowest BCUT2D eigenvalue weighted by molar-refractivity contribution is -0.122. The first kappa shape index (κ1) is 17.4. The van der Waals surface area contributed by atoms with Crippen molar-refractivity contribution in [1.82, 2.24) is 4.98 Å². The van der Waals surface area contributed by atoms with Gasteiger partial charge in [0.15, 0.2) is 0 Å². The van der Waals surface area contributed by atoms with Crippen LogP contribution in [0.1, 0.15) is 38.2 Å². The van der Waals surface area contributed by atoms with Gasteiger partial charge in [0.05, 0.1) is 12.1 Å². The zero-order valence-corrected chi connectivity index (χ0v) is 14.8. The molecule has 0 bridgehead atoms. The van der Waals surface area contributed by atoms with Gasteiger partial charge in [0, 0.05) is 17.4 Å². The Bertz CT molecular complexity index is 744. The van der Waals surface area contributed by atoms with Crippen LogP contribution in [0.25, 0.3) is 0 Å². The molecule has 1 aromatic carbocycles. The van der Waals surface area contributed by atoms with E-state index in [0.29, 0.717) is 5.75 Å². The summed E-state index contributed by atoms with van der Waals surface area (Å²) in [5, 5.41) is 3.01. The molecule has 1 aromatic heterocycles. The first-order valence-electron chi connectivity index (χ1n) is 8.74. The van der Waals surface area contributed by atoms with Gasteiger partial charge in [-0.2, -0.15) is 0 Å². The molecule has 1 saturated carbocycles. The fourth-order valence-electron chi connectivity index (χ4n) is 3.39. The Balaban J connectivity index is 1.69. The number of ether oxygens (including phenoxy) is 1. The van der Waals surface area contributed by atoms with Gasteiger partial charge in [0.1, 0.15) is 11.5 Å². The van der Waals surface area contributed by atoms with Crippen LogP contribution in [-0.4, -0.2) is 16.4 Å². The van der Waals surface area contributed by atoms with Crippen LogP contribution in [-0.2, 0) is 4.79 Å². The molecule has 0 aliphatic heterocycles. The fourth-order valence-corrected chi connectivity index (χ4v) is 3.39. The molecule has 2 unspecified atom stereocenters. The maximum absolute atomic E-state index is 12.6. The van der Waals surface area contributed by atoms with Crippen molar-refractivity contribution in [2.45, 2.75) is 45.1 Å². The summed E-state index contributed by atoms with van der Waals surface area (Å²) in [5.41, 5.74) is 7.61. The molecule has 2 aromatic rings. The molecular weight excluding hydrogens is 314 g/mol. The van der Waals surface area contributed by atoms with Gasteiger partial charge in [-0.05, 0) is 62.6 Å². The average Bonchev–Trinajstić information content (AvgIpc) is 2.58. The molecule has 1 heterocycles. The molecule has 3 N–H and O–H groups in total. The molecule has 0 saturated heterocycles. The van der Waals surface area contributed by atoms with Crippen LogP contribution in [0.15, 0.2) is 42.7 Å². The Kier molecular flexibility index (Phi) is 5.04. The Hall–Kier alpha value is -2.40. The van der Waals surface area contributed by atoms with Crippen molar-refractivity contribution in [3.8, 4) is 11.5 Å². The van der Waals surface area contributed by atoms with Gasteiger partial charge in [-0.25, -0.2) is 0 Å². The van der Waals surface area contributed by atoms with Crippen molar-refractivity contribution < 1.29 is 9.53 Å². The number of nitrogens with zero attached hydrogens (tertiary/aromatic N) is 1. The van der Waals surface area contributed by atoms with Crippen molar-refractivity contribution in [3.05, 3.63) is 48.3 Å². The Morgan fingerprint density at radius 1 is 1.36 bits per heavy atom. The highest BCUT2D eigenvalue weighted by atomic mass is 16.5. The predicted octanol–water partition coefficient (Wildman–Crippen LogP) is 4.03. The minimum absolute atomic E-state index is 0.00466. The summed E-state index contributed by atoms with van der Waals surface area (Å²) in [7, 11) is 0. The summed E-state index contributed by atoms with van der Waals surface area (Å²) in [6.45, 7) is 3.93. The number of nitrogens with two attached hydrogens (primary N) is 1. The van der Waals surface area contributed by atoms with Crippen molar-refractivity contribution in [3.63, 3.8) is 0 Å². The molecule has 25 heavy (non-hydrogen) atoms. The second-order valence-electron chi connectivity index (χ2n) is 7.06. The van der Waals surface area contributed by atoms with Crippen LogP contribution in [0.5, 0.6) is 11.5 Å². The summed E-state index contributed by atoms with van der Waals surface area (Å²) < 4.78 is 5.82. The summed E-state index contributed by atoms with van der Waals surface area (Å²) in [4.78, 5) is 16.7. The van der Waals surface area contributed by atoms with E-state index in [1.165, 1.54) is 0 Å². The highest BCUT2D eigenvalue weighted by molar-refractivity contribution is 5.93. The quantitative estimate of drug-likeness (QED) is 0.881. The number of amides is 1. The van der Waals surface area contributed by atoms with Crippen molar-refractivity contribution in [1.29, 1.82) is 0 Å².